The van der Waals surface area contributed by atoms with Crippen molar-refractivity contribution in [3.8, 4) is 0 Å². The van der Waals surface area contributed by atoms with Crippen molar-refractivity contribution in [2.45, 2.75) is 19.4 Å². The lowest BCUT2D eigenvalue weighted by Crippen LogP contribution is -2.75. The van der Waals surface area contributed by atoms with Gasteiger partial charge in [-0.3, -0.25) is 14.5 Å². The van der Waals surface area contributed by atoms with Gasteiger partial charge >= 0.3 is 0 Å². The molecule has 3 heteroatoms. The molecule has 3 aromatic carbocycles. The molecule has 0 radical (unpaired) electrons. The Hall–Kier alpha value is -3.20. The van der Waals surface area contributed by atoms with Crippen LogP contribution in [0.2, 0.25) is 0 Å². The number of benzene rings is 3. The molecule has 0 saturated carbocycles. The number of carbonyl (C=O) groups is 2. The van der Waals surface area contributed by atoms with Gasteiger partial charge in [-0.25, -0.2) is 0 Å². The van der Waals surface area contributed by atoms with E-state index in [1.165, 1.54) is 4.90 Å². The SMILES string of the molecule is CC1(C)C(=O)N(C(=O)c2ccccc2)C1(c1ccccc1)c1ccccc1. The molecule has 1 saturated heterocycles. The maximum atomic E-state index is 13.4. The third-order valence-corrected chi connectivity index (χ3v) is 5.58. The van der Waals surface area contributed by atoms with Gasteiger partial charge < -0.3 is 0 Å². The Labute approximate surface area is 159 Å². The molecule has 0 unspecified atom stereocenters. The van der Waals surface area contributed by atoms with Gasteiger partial charge in [0.25, 0.3) is 5.91 Å². The average Bonchev–Trinajstić information content (AvgIpc) is 2.72. The number of β-lactam (4-membered cyclic amide) rings is 1. The summed E-state index contributed by atoms with van der Waals surface area (Å²) in [5, 5.41) is 0. The molecule has 1 heterocycles. The zero-order chi connectivity index (χ0) is 19.1. The number of nitrogens with zero attached hydrogens (tertiary/aromatic N) is 1. The van der Waals surface area contributed by atoms with Crippen molar-refractivity contribution in [3.63, 3.8) is 0 Å². The number of carbonyl (C=O) groups excluding carboxylic acids is 2. The third kappa shape index (κ3) is 2.28. The Bertz CT molecular complexity index is 939. The molecule has 0 atom stereocenters. The van der Waals surface area contributed by atoms with E-state index in [0.717, 1.165) is 11.1 Å². The predicted molar refractivity (Wildman–Crippen MR) is 105 cm³/mol. The van der Waals surface area contributed by atoms with Crippen LogP contribution in [-0.2, 0) is 10.3 Å². The number of hydrogen-bond donors (Lipinski definition) is 0. The van der Waals surface area contributed by atoms with Crippen molar-refractivity contribution in [1.82, 2.24) is 4.90 Å². The summed E-state index contributed by atoms with van der Waals surface area (Å²) in [6.45, 7) is 3.84. The first-order valence-electron chi connectivity index (χ1n) is 9.06. The van der Waals surface area contributed by atoms with E-state index in [4.69, 9.17) is 0 Å². The standard InChI is InChI=1S/C24H21NO2/c1-23(2)22(27)25(21(26)18-12-6-3-7-13-18)24(23,19-14-8-4-9-15-19)20-16-10-5-11-17-20/h3-17H,1-2H3. The highest BCUT2D eigenvalue weighted by molar-refractivity contribution is 6.12. The first-order valence-corrected chi connectivity index (χ1v) is 9.06. The molecular weight excluding hydrogens is 334 g/mol. The predicted octanol–water partition coefficient (Wildman–Crippen LogP) is 4.64. The van der Waals surface area contributed by atoms with E-state index in [9.17, 15) is 9.59 Å². The largest absolute Gasteiger partial charge is 0.274 e. The minimum Gasteiger partial charge on any atom is -0.274 e. The molecule has 2 amide bonds. The van der Waals surface area contributed by atoms with Crippen molar-refractivity contribution < 1.29 is 9.59 Å². The smallest absolute Gasteiger partial charge is 0.261 e. The van der Waals surface area contributed by atoms with Crippen LogP contribution in [0.25, 0.3) is 0 Å². The van der Waals surface area contributed by atoms with Crippen molar-refractivity contribution >= 4 is 11.8 Å². The van der Waals surface area contributed by atoms with Crippen LogP contribution in [0.3, 0.4) is 0 Å². The number of likely N-dealkylation sites (tertiary alicyclic amines) is 1. The van der Waals surface area contributed by atoms with Crippen molar-refractivity contribution in [1.29, 1.82) is 0 Å². The second-order valence-corrected chi connectivity index (χ2v) is 7.38. The van der Waals surface area contributed by atoms with Crippen LogP contribution < -0.4 is 0 Å². The van der Waals surface area contributed by atoms with Gasteiger partial charge in [-0.05, 0) is 37.1 Å². The molecule has 0 bridgehead atoms. The molecule has 0 N–H and O–H groups in total. The topological polar surface area (TPSA) is 37.4 Å². The van der Waals surface area contributed by atoms with Crippen molar-refractivity contribution in [2.24, 2.45) is 5.41 Å². The van der Waals surface area contributed by atoms with Gasteiger partial charge in [0.2, 0.25) is 5.91 Å². The van der Waals surface area contributed by atoms with E-state index in [1.54, 1.807) is 12.1 Å². The van der Waals surface area contributed by atoms with Gasteiger partial charge in [0.05, 0.1) is 5.41 Å². The van der Waals surface area contributed by atoms with Gasteiger partial charge in [0, 0.05) is 5.56 Å². The second kappa shape index (κ2) is 6.20. The van der Waals surface area contributed by atoms with Crippen molar-refractivity contribution in [3.05, 3.63) is 108 Å². The molecule has 3 aromatic rings. The maximum Gasteiger partial charge on any atom is 0.261 e. The van der Waals surface area contributed by atoms with Crippen LogP contribution in [0.1, 0.15) is 35.3 Å². The lowest BCUT2D eigenvalue weighted by atomic mass is 9.56. The quantitative estimate of drug-likeness (QED) is 0.507. The third-order valence-electron chi connectivity index (χ3n) is 5.58. The molecule has 1 aliphatic rings. The van der Waals surface area contributed by atoms with Crippen LogP contribution in [-0.4, -0.2) is 16.7 Å². The van der Waals surface area contributed by atoms with Crippen molar-refractivity contribution in [2.75, 3.05) is 0 Å². The number of hydrogen-bond acceptors (Lipinski definition) is 2. The van der Waals surface area contributed by atoms with Crippen LogP contribution in [0.4, 0.5) is 0 Å². The Morgan fingerprint density at radius 2 is 1.11 bits per heavy atom. The first kappa shape index (κ1) is 17.2. The van der Waals surface area contributed by atoms with Gasteiger partial charge in [-0.15, -0.1) is 0 Å². The molecule has 1 fully saturated rings. The molecular formula is C24H21NO2. The normalized spacial score (nSPS) is 17.3. The Morgan fingerprint density at radius 1 is 0.704 bits per heavy atom. The summed E-state index contributed by atoms with van der Waals surface area (Å²) in [6, 6.07) is 28.6. The summed E-state index contributed by atoms with van der Waals surface area (Å²) < 4.78 is 0. The number of amides is 2. The number of imide groups is 1. The fourth-order valence-electron chi connectivity index (χ4n) is 4.27. The highest BCUT2D eigenvalue weighted by Crippen LogP contribution is 2.59. The molecule has 1 aliphatic heterocycles. The lowest BCUT2D eigenvalue weighted by Gasteiger charge is -2.62. The molecule has 0 aliphatic carbocycles. The van der Waals surface area contributed by atoms with E-state index >= 15 is 0 Å². The molecule has 27 heavy (non-hydrogen) atoms. The Balaban J connectivity index is 1.97. The number of rotatable bonds is 3. The summed E-state index contributed by atoms with van der Waals surface area (Å²) in [5.74, 6) is -0.434. The maximum absolute atomic E-state index is 13.4. The monoisotopic (exact) mass is 355 g/mol. The summed E-state index contributed by atoms with van der Waals surface area (Å²) in [6.07, 6.45) is 0. The Morgan fingerprint density at radius 3 is 1.56 bits per heavy atom. The van der Waals surface area contributed by atoms with Gasteiger partial charge in [-0.2, -0.15) is 0 Å². The van der Waals surface area contributed by atoms with E-state index in [-0.39, 0.29) is 11.8 Å². The molecule has 3 nitrogen and oxygen atoms in total. The van der Waals surface area contributed by atoms with E-state index < -0.39 is 11.0 Å². The highest BCUT2D eigenvalue weighted by Gasteiger charge is 2.69. The van der Waals surface area contributed by atoms with Gasteiger partial charge in [0.15, 0.2) is 0 Å². The molecule has 4 rings (SSSR count). The van der Waals surface area contributed by atoms with E-state index in [1.807, 2.05) is 92.7 Å². The highest BCUT2D eigenvalue weighted by atomic mass is 16.2. The molecule has 0 aromatic heterocycles. The fraction of sp³-hybridized carbons (Fsp3) is 0.167. The van der Waals surface area contributed by atoms with E-state index in [2.05, 4.69) is 0 Å². The summed E-state index contributed by atoms with van der Waals surface area (Å²) in [5.41, 5.74) is 0.785. The molecule has 0 spiro atoms. The summed E-state index contributed by atoms with van der Waals surface area (Å²) in [7, 11) is 0. The first-order chi connectivity index (χ1) is 13.0. The lowest BCUT2D eigenvalue weighted by molar-refractivity contribution is -0.174. The minimum absolute atomic E-state index is 0.163. The van der Waals surface area contributed by atoms with Crippen LogP contribution >= 0.6 is 0 Å². The second-order valence-electron chi connectivity index (χ2n) is 7.38. The van der Waals surface area contributed by atoms with Gasteiger partial charge in [-0.1, -0.05) is 78.9 Å². The zero-order valence-corrected chi connectivity index (χ0v) is 15.4. The average molecular weight is 355 g/mol. The zero-order valence-electron chi connectivity index (χ0n) is 15.4. The molecule has 134 valence electrons. The fourth-order valence-corrected chi connectivity index (χ4v) is 4.27. The summed E-state index contributed by atoms with van der Waals surface area (Å²) in [4.78, 5) is 28.0. The van der Waals surface area contributed by atoms with Crippen LogP contribution in [0, 0.1) is 5.41 Å². The minimum atomic E-state index is -0.848. The van der Waals surface area contributed by atoms with Gasteiger partial charge in [0.1, 0.15) is 5.54 Å². The van der Waals surface area contributed by atoms with E-state index in [0.29, 0.717) is 5.56 Å². The van der Waals surface area contributed by atoms with Crippen LogP contribution in [0.15, 0.2) is 91.0 Å². The Kier molecular flexibility index (Phi) is 3.96. The van der Waals surface area contributed by atoms with Crippen LogP contribution in [0.5, 0.6) is 0 Å². The summed E-state index contributed by atoms with van der Waals surface area (Å²) >= 11 is 0.